The average Bonchev–Trinajstić information content (AvgIpc) is 2.91. The molecule has 1 heterocycles. The van der Waals surface area contributed by atoms with E-state index in [1.54, 1.807) is 25.1 Å². The lowest BCUT2D eigenvalue weighted by Crippen LogP contribution is -2.33. The molecule has 25 heavy (non-hydrogen) atoms. The molecule has 0 fully saturated rings. The van der Waals surface area contributed by atoms with E-state index in [1.807, 2.05) is 6.07 Å². The zero-order valence-electron chi connectivity index (χ0n) is 13.2. The summed E-state index contributed by atoms with van der Waals surface area (Å²) < 4.78 is 19.5. The summed E-state index contributed by atoms with van der Waals surface area (Å²) in [6, 6.07) is 11.2. The maximum absolute atomic E-state index is 13.3. The number of hydrogen-bond donors (Lipinski definition) is 2. The van der Waals surface area contributed by atoms with Crippen molar-refractivity contribution >= 4 is 44.4 Å². The van der Waals surface area contributed by atoms with E-state index in [0.29, 0.717) is 22.2 Å². The number of furan rings is 1. The first-order valence-electron chi connectivity index (χ1n) is 7.47. The minimum Gasteiger partial charge on any atom is -0.451 e. The third-order valence-electron chi connectivity index (χ3n) is 3.66. The molecular formula is C18H14BrFN2O3. The molecule has 5 nitrogen and oxygen atoms in total. The number of hydrogen-bond acceptors (Lipinski definition) is 3. The van der Waals surface area contributed by atoms with Crippen LogP contribution in [0.4, 0.5) is 10.1 Å². The first-order valence-corrected chi connectivity index (χ1v) is 8.26. The molecule has 0 atom stereocenters. The molecule has 0 aliphatic rings. The molecule has 0 saturated heterocycles. The maximum atomic E-state index is 13.3. The van der Waals surface area contributed by atoms with Crippen LogP contribution < -0.4 is 10.6 Å². The van der Waals surface area contributed by atoms with Gasteiger partial charge in [0.1, 0.15) is 11.4 Å². The van der Waals surface area contributed by atoms with Crippen LogP contribution in [-0.2, 0) is 4.79 Å². The predicted octanol–water partition coefficient (Wildman–Crippen LogP) is 4.01. The Morgan fingerprint density at radius 3 is 2.72 bits per heavy atom. The van der Waals surface area contributed by atoms with Crippen LogP contribution >= 0.6 is 15.9 Å². The van der Waals surface area contributed by atoms with E-state index in [4.69, 9.17) is 4.42 Å². The highest BCUT2D eigenvalue weighted by Crippen LogP contribution is 2.26. The summed E-state index contributed by atoms with van der Waals surface area (Å²) in [6.45, 7) is 1.45. The Hall–Kier alpha value is -2.67. The van der Waals surface area contributed by atoms with Gasteiger partial charge in [-0.25, -0.2) is 4.39 Å². The molecule has 128 valence electrons. The zero-order chi connectivity index (χ0) is 18.0. The van der Waals surface area contributed by atoms with Crippen molar-refractivity contribution in [2.45, 2.75) is 6.92 Å². The summed E-state index contributed by atoms with van der Waals surface area (Å²) in [5, 5.41) is 5.72. The number of carbonyl (C=O) groups excluding carboxylic acids is 2. The number of fused-ring (bicyclic) bond motifs is 1. The quantitative estimate of drug-likeness (QED) is 0.689. The summed E-state index contributed by atoms with van der Waals surface area (Å²) in [5.74, 6) is -1.25. The normalized spacial score (nSPS) is 10.7. The predicted molar refractivity (Wildman–Crippen MR) is 96.0 cm³/mol. The molecule has 0 aliphatic heterocycles. The van der Waals surface area contributed by atoms with Gasteiger partial charge in [-0.15, -0.1) is 0 Å². The Balaban J connectivity index is 1.67. The van der Waals surface area contributed by atoms with E-state index in [0.717, 1.165) is 4.47 Å². The second-order valence-electron chi connectivity index (χ2n) is 5.41. The maximum Gasteiger partial charge on any atom is 0.287 e. The molecule has 3 aromatic rings. The van der Waals surface area contributed by atoms with Crippen molar-refractivity contribution in [2.24, 2.45) is 0 Å². The molecule has 7 heteroatoms. The van der Waals surface area contributed by atoms with Crippen LogP contribution in [0, 0.1) is 12.7 Å². The highest BCUT2D eigenvalue weighted by molar-refractivity contribution is 9.10. The van der Waals surface area contributed by atoms with Gasteiger partial charge in [-0.05, 0) is 53.2 Å². The van der Waals surface area contributed by atoms with Crippen molar-refractivity contribution in [3.05, 3.63) is 64.1 Å². The fraction of sp³-hybridized carbons (Fsp3) is 0.111. The van der Waals surface area contributed by atoms with Crippen molar-refractivity contribution in [1.29, 1.82) is 0 Å². The van der Waals surface area contributed by atoms with E-state index >= 15 is 0 Å². The van der Waals surface area contributed by atoms with Crippen LogP contribution in [0.15, 0.2) is 51.4 Å². The highest BCUT2D eigenvalue weighted by atomic mass is 79.9. The van der Waals surface area contributed by atoms with Crippen molar-refractivity contribution < 1.29 is 18.4 Å². The summed E-state index contributed by atoms with van der Waals surface area (Å²) in [5.41, 5.74) is 1.55. The number of anilines is 1. The molecule has 1 aromatic heterocycles. The number of nitrogens with one attached hydrogen (secondary N) is 2. The van der Waals surface area contributed by atoms with Gasteiger partial charge in [0.25, 0.3) is 5.91 Å². The van der Waals surface area contributed by atoms with Crippen LogP contribution in [0.5, 0.6) is 0 Å². The molecule has 3 rings (SSSR count). The lowest BCUT2D eigenvalue weighted by Gasteiger charge is -2.07. The van der Waals surface area contributed by atoms with Gasteiger partial charge in [0.05, 0.1) is 12.2 Å². The summed E-state index contributed by atoms with van der Waals surface area (Å²) in [4.78, 5) is 24.2. The summed E-state index contributed by atoms with van der Waals surface area (Å²) >= 11 is 3.33. The SMILES string of the molecule is Cc1c(C(=O)NCC(=O)Nc2ccccc2Br)oc2ccc(F)cc12. The van der Waals surface area contributed by atoms with Crippen molar-refractivity contribution in [3.8, 4) is 0 Å². The molecule has 0 unspecified atom stereocenters. The van der Waals surface area contributed by atoms with Crippen LogP contribution in [0.25, 0.3) is 11.0 Å². The minimum atomic E-state index is -0.531. The van der Waals surface area contributed by atoms with E-state index in [-0.39, 0.29) is 18.2 Å². The zero-order valence-corrected chi connectivity index (χ0v) is 14.8. The fourth-order valence-corrected chi connectivity index (χ4v) is 2.79. The van der Waals surface area contributed by atoms with Gasteiger partial charge in [-0.2, -0.15) is 0 Å². The van der Waals surface area contributed by atoms with Crippen LogP contribution in [0.2, 0.25) is 0 Å². The monoisotopic (exact) mass is 404 g/mol. The lowest BCUT2D eigenvalue weighted by atomic mass is 10.1. The van der Waals surface area contributed by atoms with E-state index in [2.05, 4.69) is 26.6 Å². The van der Waals surface area contributed by atoms with Gasteiger partial charge in [-0.1, -0.05) is 12.1 Å². The second-order valence-corrected chi connectivity index (χ2v) is 6.26. The largest absolute Gasteiger partial charge is 0.451 e. The topological polar surface area (TPSA) is 71.3 Å². The van der Waals surface area contributed by atoms with Gasteiger partial charge in [0.2, 0.25) is 5.91 Å². The number of para-hydroxylation sites is 1. The number of halogens is 2. The number of rotatable bonds is 4. The number of aryl methyl sites for hydroxylation is 1. The Morgan fingerprint density at radius 2 is 1.96 bits per heavy atom. The smallest absolute Gasteiger partial charge is 0.287 e. The van der Waals surface area contributed by atoms with Crippen LogP contribution in [-0.4, -0.2) is 18.4 Å². The van der Waals surface area contributed by atoms with Crippen molar-refractivity contribution in [3.63, 3.8) is 0 Å². The molecule has 2 N–H and O–H groups in total. The Morgan fingerprint density at radius 1 is 1.20 bits per heavy atom. The molecule has 0 radical (unpaired) electrons. The van der Waals surface area contributed by atoms with Crippen molar-refractivity contribution in [2.75, 3.05) is 11.9 Å². The van der Waals surface area contributed by atoms with Gasteiger partial charge in [0, 0.05) is 15.4 Å². The van der Waals surface area contributed by atoms with Gasteiger partial charge >= 0.3 is 0 Å². The molecule has 0 bridgehead atoms. The van der Waals surface area contributed by atoms with Gasteiger partial charge < -0.3 is 15.1 Å². The first kappa shape index (κ1) is 17.2. The Labute approximate surface area is 151 Å². The Bertz CT molecular complexity index is 968. The standard InChI is InChI=1S/C18H14BrFN2O3/c1-10-12-8-11(20)6-7-15(12)25-17(10)18(24)21-9-16(23)22-14-5-3-2-4-13(14)19/h2-8H,9H2,1H3,(H,21,24)(H,22,23). The molecular weight excluding hydrogens is 391 g/mol. The van der Waals surface area contributed by atoms with Crippen LogP contribution in [0.3, 0.4) is 0 Å². The third-order valence-corrected chi connectivity index (χ3v) is 4.35. The first-order chi connectivity index (χ1) is 12.0. The number of amides is 2. The summed E-state index contributed by atoms with van der Waals surface area (Å²) in [6.07, 6.45) is 0. The second kappa shape index (κ2) is 7.06. The van der Waals surface area contributed by atoms with E-state index in [9.17, 15) is 14.0 Å². The van der Waals surface area contributed by atoms with Crippen LogP contribution in [0.1, 0.15) is 16.1 Å². The third kappa shape index (κ3) is 3.71. The number of carbonyl (C=O) groups is 2. The minimum absolute atomic E-state index is 0.0642. The molecule has 0 aliphatic carbocycles. The molecule has 0 spiro atoms. The molecule has 0 saturated carbocycles. The molecule has 2 amide bonds. The van der Waals surface area contributed by atoms with E-state index in [1.165, 1.54) is 18.2 Å². The summed E-state index contributed by atoms with van der Waals surface area (Å²) in [7, 11) is 0. The van der Waals surface area contributed by atoms with Gasteiger partial charge in [-0.3, -0.25) is 9.59 Å². The average molecular weight is 405 g/mol. The highest BCUT2D eigenvalue weighted by Gasteiger charge is 2.18. The lowest BCUT2D eigenvalue weighted by molar-refractivity contribution is -0.115. The fourth-order valence-electron chi connectivity index (χ4n) is 2.41. The molecule has 2 aromatic carbocycles. The number of benzene rings is 2. The van der Waals surface area contributed by atoms with Gasteiger partial charge in [0.15, 0.2) is 5.76 Å². The van der Waals surface area contributed by atoms with E-state index < -0.39 is 11.7 Å². The Kier molecular flexibility index (Phi) is 4.85. The van der Waals surface area contributed by atoms with Crippen molar-refractivity contribution in [1.82, 2.24) is 5.32 Å².